The largest absolute Gasteiger partial charge is 0.353 e. The van der Waals surface area contributed by atoms with Crippen LogP contribution in [0.15, 0.2) is 36.9 Å². The van der Waals surface area contributed by atoms with Crippen LogP contribution in [0.1, 0.15) is 11.3 Å². The van der Waals surface area contributed by atoms with Gasteiger partial charge in [0.05, 0.1) is 5.69 Å². The second-order valence-corrected chi connectivity index (χ2v) is 5.08. The first kappa shape index (κ1) is 13.0. The van der Waals surface area contributed by atoms with Gasteiger partial charge in [0, 0.05) is 57.5 Å². The third kappa shape index (κ3) is 2.93. The Balaban J connectivity index is 1.59. The third-order valence-corrected chi connectivity index (χ3v) is 3.68. The van der Waals surface area contributed by atoms with E-state index < -0.39 is 0 Å². The van der Waals surface area contributed by atoms with E-state index in [9.17, 15) is 0 Å². The summed E-state index contributed by atoms with van der Waals surface area (Å²) < 4.78 is 0. The Hall–Kier alpha value is -2.01. The van der Waals surface area contributed by atoms with Crippen molar-refractivity contribution in [3.05, 3.63) is 48.2 Å². The van der Waals surface area contributed by atoms with Crippen molar-refractivity contribution < 1.29 is 0 Å². The number of nitrogens with zero attached hydrogens (tertiary/aromatic N) is 5. The molecule has 0 bridgehead atoms. The van der Waals surface area contributed by atoms with Crippen molar-refractivity contribution in [2.75, 3.05) is 31.1 Å². The fourth-order valence-electron chi connectivity index (χ4n) is 2.57. The first-order valence-corrected chi connectivity index (χ1v) is 6.97. The number of anilines is 1. The van der Waals surface area contributed by atoms with E-state index in [-0.39, 0.29) is 0 Å². The second kappa shape index (κ2) is 5.96. The lowest BCUT2D eigenvalue weighted by atomic mass is 10.2. The molecule has 104 valence electrons. The zero-order valence-electron chi connectivity index (χ0n) is 11.7. The standard InChI is InChI=1S/C15H19N5/c1-13-15(18-7-6-17-13)20-10-8-19(9-11-20)12-14-2-4-16-5-3-14/h2-7H,8-12H2,1H3. The number of hydrogen-bond donors (Lipinski definition) is 0. The summed E-state index contributed by atoms with van der Waals surface area (Å²) in [6.45, 7) is 7.13. The molecule has 0 atom stereocenters. The van der Waals surface area contributed by atoms with Crippen molar-refractivity contribution in [1.82, 2.24) is 19.9 Å². The van der Waals surface area contributed by atoms with Gasteiger partial charge >= 0.3 is 0 Å². The zero-order valence-corrected chi connectivity index (χ0v) is 11.7. The topological polar surface area (TPSA) is 45.2 Å². The average molecular weight is 269 g/mol. The van der Waals surface area contributed by atoms with Gasteiger partial charge in [0.1, 0.15) is 5.82 Å². The second-order valence-electron chi connectivity index (χ2n) is 5.08. The summed E-state index contributed by atoms with van der Waals surface area (Å²) in [6, 6.07) is 4.17. The van der Waals surface area contributed by atoms with Crippen molar-refractivity contribution in [3.8, 4) is 0 Å². The highest BCUT2D eigenvalue weighted by Gasteiger charge is 2.19. The van der Waals surface area contributed by atoms with E-state index in [4.69, 9.17) is 0 Å². The van der Waals surface area contributed by atoms with Crippen LogP contribution in [-0.2, 0) is 6.54 Å². The van der Waals surface area contributed by atoms with Crippen LogP contribution in [-0.4, -0.2) is 46.0 Å². The molecule has 1 aliphatic rings. The van der Waals surface area contributed by atoms with Gasteiger partial charge in [0.25, 0.3) is 0 Å². The van der Waals surface area contributed by atoms with Crippen molar-refractivity contribution >= 4 is 5.82 Å². The Morgan fingerprint density at radius 2 is 1.65 bits per heavy atom. The van der Waals surface area contributed by atoms with Crippen LogP contribution in [0.5, 0.6) is 0 Å². The molecule has 3 heterocycles. The summed E-state index contributed by atoms with van der Waals surface area (Å²) >= 11 is 0. The Morgan fingerprint density at radius 1 is 0.950 bits per heavy atom. The highest BCUT2D eigenvalue weighted by Crippen LogP contribution is 2.16. The minimum Gasteiger partial charge on any atom is -0.353 e. The van der Waals surface area contributed by atoms with Crippen molar-refractivity contribution in [2.24, 2.45) is 0 Å². The maximum atomic E-state index is 4.45. The van der Waals surface area contributed by atoms with Crippen molar-refractivity contribution in [1.29, 1.82) is 0 Å². The number of hydrogen-bond acceptors (Lipinski definition) is 5. The molecule has 0 radical (unpaired) electrons. The van der Waals surface area contributed by atoms with E-state index in [1.165, 1.54) is 5.56 Å². The van der Waals surface area contributed by atoms with Gasteiger partial charge in [-0.1, -0.05) is 0 Å². The molecule has 0 amide bonds. The van der Waals surface area contributed by atoms with Crippen molar-refractivity contribution in [3.63, 3.8) is 0 Å². The maximum absolute atomic E-state index is 4.45. The van der Waals surface area contributed by atoms with E-state index in [0.717, 1.165) is 44.2 Å². The fraction of sp³-hybridized carbons (Fsp3) is 0.400. The van der Waals surface area contributed by atoms with Gasteiger partial charge in [-0.15, -0.1) is 0 Å². The molecular weight excluding hydrogens is 250 g/mol. The van der Waals surface area contributed by atoms with Crippen LogP contribution in [0.3, 0.4) is 0 Å². The van der Waals surface area contributed by atoms with Gasteiger partial charge < -0.3 is 4.90 Å². The molecule has 0 unspecified atom stereocenters. The lowest BCUT2D eigenvalue weighted by Crippen LogP contribution is -2.46. The van der Waals surface area contributed by atoms with E-state index in [1.807, 2.05) is 19.3 Å². The maximum Gasteiger partial charge on any atom is 0.150 e. The normalized spacial score (nSPS) is 16.4. The van der Waals surface area contributed by atoms with E-state index in [2.05, 4.69) is 36.9 Å². The molecule has 20 heavy (non-hydrogen) atoms. The van der Waals surface area contributed by atoms with Crippen molar-refractivity contribution in [2.45, 2.75) is 13.5 Å². The molecular formula is C15H19N5. The molecule has 0 aliphatic carbocycles. The molecule has 0 aromatic carbocycles. The molecule has 0 N–H and O–H groups in total. The van der Waals surface area contributed by atoms with Crippen LogP contribution in [0.2, 0.25) is 0 Å². The number of pyridine rings is 1. The predicted octanol–water partition coefficient (Wildman–Crippen LogP) is 1.50. The van der Waals surface area contributed by atoms with Crippen LogP contribution in [0.4, 0.5) is 5.82 Å². The van der Waals surface area contributed by atoms with Gasteiger partial charge in [-0.2, -0.15) is 0 Å². The SMILES string of the molecule is Cc1nccnc1N1CCN(Cc2ccncc2)CC1. The summed E-state index contributed by atoms with van der Waals surface area (Å²) in [4.78, 5) is 17.6. The smallest absolute Gasteiger partial charge is 0.150 e. The Kier molecular flexibility index (Phi) is 3.87. The highest BCUT2D eigenvalue weighted by atomic mass is 15.3. The number of aromatic nitrogens is 3. The Labute approximate surface area is 119 Å². The van der Waals surface area contributed by atoms with Gasteiger partial charge in [0.15, 0.2) is 0 Å². The van der Waals surface area contributed by atoms with E-state index >= 15 is 0 Å². The molecule has 2 aromatic rings. The first-order valence-electron chi connectivity index (χ1n) is 6.97. The van der Waals surface area contributed by atoms with Crippen LogP contribution < -0.4 is 4.90 Å². The monoisotopic (exact) mass is 269 g/mol. The average Bonchev–Trinajstić information content (AvgIpc) is 2.50. The predicted molar refractivity (Wildman–Crippen MR) is 78.5 cm³/mol. The van der Waals surface area contributed by atoms with E-state index in [0.29, 0.717) is 0 Å². The van der Waals surface area contributed by atoms with Gasteiger partial charge in [0.2, 0.25) is 0 Å². The first-order chi connectivity index (χ1) is 9.83. The minimum absolute atomic E-state index is 0.996. The third-order valence-electron chi connectivity index (χ3n) is 3.68. The van der Waals surface area contributed by atoms with Crippen LogP contribution in [0.25, 0.3) is 0 Å². The summed E-state index contributed by atoms with van der Waals surface area (Å²) in [5.41, 5.74) is 2.33. The van der Waals surface area contributed by atoms with E-state index in [1.54, 1.807) is 12.4 Å². The summed E-state index contributed by atoms with van der Waals surface area (Å²) in [6.07, 6.45) is 7.23. The number of piperazine rings is 1. The number of aryl methyl sites for hydroxylation is 1. The van der Waals surface area contributed by atoms with Gasteiger partial charge in [-0.3, -0.25) is 14.9 Å². The zero-order chi connectivity index (χ0) is 13.8. The molecule has 2 aromatic heterocycles. The summed E-state index contributed by atoms with van der Waals surface area (Å²) in [5.74, 6) is 1.02. The summed E-state index contributed by atoms with van der Waals surface area (Å²) in [7, 11) is 0. The molecule has 0 spiro atoms. The van der Waals surface area contributed by atoms with Gasteiger partial charge in [-0.05, 0) is 24.6 Å². The molecule has 1 saturated heterocycles. The summed E-state index contributed by atoms with van der Waals surface area (Å²) in [5, 5.41) is 0. The van der Waals surface area contributed by atoms with Gasteiger partial charge in [-0.25, -0.2) is 4.98 Å². The molecule has 3 rings (SSSR count). The lowest BCUT2D eigenvalue weighted by Gasteiger charge is -2.35. The Bertz CT molecular complexity index is 549. The van der Waals surface area contributed by atoms with Crippen LogP contribution in [0, 0.1) is 6.92 Å². The molecule has 1 aliphatic heterocycles. The molecule has 5 nitrogen and oxygen atoms in total. The quantitative estimate of drug-likeness (QED) is 0.845. The Morgan fingerprint density at radius 3 is 2.35 bits per heavy atom. The fourth-order valence-corrected chi connectivity index (χ4v) is 2.57. The molecule has 1 fully saturated rings. The lowest BCUT2D eigenvalue weighted by molar-refractivity contribution is 0.249. The highest BCUT2D eigenvalue weighted by molar-refractivity contribution is 5.42. The molecule has 0 saturated carbocycles. The van der Waals surface area contributed by atoms with Crippen LogP contribution >= 0.6 is 0 Å². The number of rotatable bonds is 3. The minimum atomic E-state index is 0.996. The molecule has 5 heteroatoms.